The van der Waals surface area contributed by atoms with Crippen LogP contribution in [0, 0.1) is 11.6 Å². The highest BCUT2D eigenvalue weighted by Gasteiger charge is 2.31. The van der Waals surface area contributed by atoms with Gasteiger partial charge in [0.1, 0.15) is 11.6 Å². The molecule has 3 atom stereocenters. The van der Waals surface area contributed by atoms with Crippen LogP contribution in [0.1, 0.15) is 49.6 Å². The third-order valence-corrected chi connectivity index (χ3v) is 7.73. The normalized spacial score (nSPS) is 18.5. The topological polar surface area (TPSA) is 75.3 Å². The molecule has 2 aromatic carbocycles. The summed E-state index contributed by atoms with van der Waals surface area (Å²) in [7, 11) is -3.25. The van der Waals surface area contributed by atoms with Crippen LogP contribution in [0.4, 0.5) is 8.78 Å². The number of sulfone groups is 1. The molecule has 0 fully saturated rings. The quantitative estimate of drug-likeness (QED) is 0.485. The largest absolute Gasteiger partial charge is 0.352 e. The number of thiol groups is 1. The van der Waals surface area contributed by atoms with E-state index in [9.17, 15) is 22.0 Å². The molecule has 5 nitrogen and oxygen atoms in total. The Kier molecular flexibility index (Phi) is 9.46. The van der Waals surface area contributed by atoms with Crippen molar-refractivity contribution < 1.29 is 22.0 Å². The minimum Gasteiger partial charge on any atom is -0.352 e. The first-order valence-corrected chi connectivity index (χ1v) is 12.9. The monoisotopic (exact) mass is 498 g/mol. The van der Waals surface area contributed by atoms with E-state index < -0.39 is 38.8 Å². The van der Waals surface area contributed by atoms with E-state index in [4.69, 9.17) is 0 Å². The van der Waals surface area contributed by atoms with Crippen LogP contribution >= 0.6 is 12.6 Å². The Bertz CT molecular complexity index is 1070. The lowest BCUT2D eigenvalue weighted by molar-refractivity contribution is -0.119. The van der Waals surface area contributed by atoms with Crippen molar-refractivity contribution in [3.8, 4) is 0 Å². The summed E-state index contributed by atoms with van der Waals surface area (Å²) >= 11 is 4.62. The maximum atomic E-state index is 13.6. The molecule has 1 heterocycles. The van der Waals surface area contributed by atoms with Gasteiger partial charge < -0.3 is 10.6 Å². The predicted molar refractivity (Wildman–Crippen MR) is 131 cm³/mol. The van der Waals surface area contributed by atoms with Crippen LogP contribution in [-0.4, -0.2) is 37.9 Å². The zero-order chi connectivity index (χ0) is 23.5. The number of fused-ring (bicyclic) bond motifs is 1. The summed E-state index contributed by atoms with van der Waals surface area (Å²) in [4.78, 5) is 11.7. The van der Waals surface area contributed by atoms with Crippen molar-refractivity contribution in [3.63, 3.8) is 0 Å². The molecule has 1 amide bonds. The van der Waals surface area contributed by atoms with Gasteiger partial charge in [-0.2, -0.15) is 12.6 Å². The van der Waals surface area contributed by atoms with Crippen molar-refractivity contribution in [2.75, 3.05) is 12.3 Å². The van der Waals surface area contributed by atoms with Crippen molar-refractivity contribution in [3.05, 3.63) is 70.3 Å². The van der Waals surface area contributed by atoms with Crippen LogP contribution in [-0.2, 0) is 33.2 Å². The Labute approximate surface area is 200 Å². The number of halogens is 2. The molecular formula is C24H32F2N2O3S2. The zero-order valence-corrected chi connectivity index (χ0v) is 19.8. The average molecular weight is 499 g/mol. The number of rotatable bonds is 8. The summed E-state index contributed by atoms with van der Waals surface area (Å²) in [6.07, 6.45) is 1.03. The molecule has 0 aliphatic carbocycles. The van der Waals surface area contributed by atoms with Gasteiger partial charge in [-0.25, -0.2) is 17.2 Å². The average Bonchev–Trinajstić information content (AvgIpc) is 2.69. The van der Waals surface area contributed by atoms with Crippen LogP contribution in [0.15, 0.2) is 36.4 Å². The van der Waals surface area contributed by atoms with E-state index in [0.29, 0.717) is 12.1 Å². The fraction of sp³-hybridized carbons (Fsp3) is 0.458. The first-order valence-electron chi connectivity index (χ1n) is 10.5. The van der Waals surface area contributed by atoms with Gasteiger partial charge in [0.25, 0.3) is 0 Å². The molecule has 2 aromatic rings. The van der Waals surface area contributed by atoms with E-state index in [1.165, 1.54) is 19.1 Å². The lowest BCUT2D eigenvalue weighted by Gasteiger charge is -2.30. The van der Waals surface area contributed by atoms with Gasteiger partial charge in [-0.05, 0) is 47.2 Å². The maximum Gasteiger partial charge on any atom is 0.217 e. The Morgan fingerprint density at radius 3 is 2.42 bits per heavy atom. The van der Waals surface area contributed by atoms with Gasteiger partial charge >= 0.3 is 0 Å². The number of aryl methyl sites for hydroxylation is 1. The van der Waals surface area contributed by atoms with E-state index in [1.54, 1.807) is 0 Å². The number of carbonyl (C=O) groups is 1. The highest BCUT2D eigenvalue weighted by Crippen LogP contribution is 2.29. The highest BCUT2D eigenvalue weighted by molar-refractivity contribution is 7.90. The third-order valence-electron chi connectivity index (χ3n) is 5.59. The molecule has 2 unspecified atom stereocenters. The molecule has 0 radical (unpaired) electrons. The molecule has 0 aromatic heterocycles. The Balaban J connectivity index is 0.00000385. The van der Waals surface area contributed by atoms with Gasteiger partial charge in [0, 0.05) is 36.9 Å². The first kappa shape index (κ1) is 27.3. The Hall–Kier alpha value is -1.97. The second-order valence-corrected chi connectivity index (χ2v) is 11.0. The summed E-state index contributed by atoms with van der Waals surface area (Å²) in [5, 5.41) is 5.66. The predicted octanol–water partition coefficient (Wildman–Crippen LogP) is 3.77. The summed E-state index contributed by atoms with van der Waals surface area (Å²) in [5.74, 6) is -1.66. The minimum atomic E-state index is -3.25. The van der Waals surface area contributed by atoms with Crippen LogP contribution in [0.2, 0.25) is 0 Å². The Morgan fingerprint density at radius 2 is 1.82 bits per heavy atom. The lowest BCUT2D eigenvalue weighted by atomic mass is 9.97. The van der Waals surface area contributed by atoms with E-state index in [-0.39, 0.29) is 31.3 Å². The molecule has 1 aliphatic rings. The van der Waals surface area contributed by atoms with Crippen molar-refractivity contribution in [1.29, 1.82) is 0 Å². The molecule has 33 heavy (non-hydrogen) atoms. The second kappa shape index (κ2) is 11.4. The van der Waals surface area contributed by atoms with Crippen LogP contribution in [0.3, 0.4) is 0 Å². The van der Waals surface area contributed by atoms with Crippen LogP contribution in [0.25, 0.3) is 0 Å². The minimum absolute atomic E-state index is 0. The number of nitrogens with one attached hydrogen (secondary N) is 2. The molecule has 1 aliphatic heterocycles. The van der Waals surface area contributed by atoms with Crippen molar-refractivity contribution >= 4 is 28.4 Å². The molecule has 182 valence electrons. The third kappa shape index (κ3) is 7.52. The van der Waals surface area contributed by atoms with Gasteiger partial charge in [0.05, 0.1) is 11.5 Å². The van der Waals surface area contributed by atoms with Crippen molar-refractivity contribution in [2.45, 2.75) is 57.2 Å². The molecule has 9 heteroatoms. The highest BCUT2D eigenvalue weighted by atomic mass is 32.2. The van der Waals surface area contributed by atoms with Gasteiger partial charge in [0.15, 0.2) is 9.84 Å². The van der Waals surface area contributed by atoms with E-state index in [1.807, 2.05) is 25.1 Å². The standard InChI is InChI=1S/C23H28F2N2O3S2.CH4/c1-3-15-4-5-17-12-32(29,30)13-22(20(17)8-15)26-11-23(31)21(27-14(2)28)9-16-6-18(24)10-19(25)7-16;/h4-8,10,21-23,26,31H,3,9,11-13H2,1-2H3,(H,27,28);1H4/t21-,22?,23?;/m0./s1. The summed E-state index contributed by atoms with van der Waals surface area (Å²) in [5.41, 5.74) is 3.28. The van der Waals surface area contributed by atoms with E-state index in [0.717, 1.165) is 29.2 Å². The number of amides is 1. The summed E-state index contributed by atoms with van der Waals surface area (Å²) in [6.45, 7) is 3.70. The molecule has 2 N–H and O–H groups in total. The van der Waals surface area contributed by atoms with Crippen LogP contribution in [0.5, 0.6) is 0 Å². The molecule has 3 rings (SSSR count). The summed E-state index contributed by atoms with van der Waals surface area (Å²) < 4.78 is 52.0. The molecule has 0 saturated carbocycles. The van der Waals surface area contributed by atoms with E-state index in [2.05, 4.69) is 23.3 Å². The van der Waals surface area contributed by atoms with Gasteiger partial charge in [-0.15, -0.1) is 0 Å². The second-order valence-electron chi connectivity index (χ2n) is 8.26. The lowest BCUT2D eigenvalue weighted by Crippen LogP contribution is -2.47. The molecular weight excluding hydrogens is 466 g/mol. The SMILES string of the molecule is C.CCc1ccc2c(c1)C(NCC(S)[C@H](Cc1cc(F)cc(F)c1)NC(C)=O)CS(=O)(=O)C2. The van der Waals surface area contributed by atoms with Gasteiger partial charge in [-0.1, -0.05) is 32.5 Å². The molecule has 0 bridgehead atoms. The number of carbonyl (C=O) groups excluding carboxylic acids is 1. The molecule has 0 saturated heterocycles. The Morgan fingerprint density at radius 1 is 1.15 bits per heavy atom. The fourth-order valence-corrected chi connectivity index (χ4v) is 6.01. The number of hydrogen-bond donors (Lipinski definition) is 3. The number of benzene rings is 2. The van der Waals surface area contributed by atoms with Gasteiger partial charge in [0.2, 0.25) is 5.91 Å². The van der Waals surface area contributed by atoms with Crippen molar-refractivity contribution in [2.24, 2.45) is 0 Å². The fourth-order valence-electron chi connectivity index (χ4n) is 4.06. The smallest absolute Gasteiger partial charge is 0.217 e. The van der Waals surface area contributed by atoms with Gasteiger partial charge in [-0.3, -0.25) is 4.79 Å². The van der Waals surface area contributed by atoms with Crippen LogP contribution < -0.4 is 10.6 Å². The summed E-state index contributed by atoms with van der Waals surface area (Å²) in [6, 6.07) is 8.20. The van der Waals surface area contributed by atoms with Crippen molar-refractivity contribution in [1.82, 2.24) is 10.6 Å². The zero-order valence-electron chi connectivity index (χ0n) is 18.1. The maximum absolute atomic E-state index is 13.6. The number of hydrogen-bond acceptors (Lipinski definition) is 5. The van der Waals surface area contributed by atoms with E-state index >= 15 is 0 Å². The molecule has 0 spiro atoms. The first-order chi connectivity index (χ1) is 15.1.